The highest BCUT2D eigenvalue weighted by Crippen LogP contribution is 2.30. The number of carbonyl (C=O) groups is 2. The van der Waals surface area contributed by atoms with Crippen molar-refractivity contribution < 1.29 is 19.2 Å². The summed E-state index contributed by atoms with van der Waals surface area (Å²) >= 11 is 0. The van der Waals surface area contributed by atoms with Crippen molar-refractivity contribution in [2.45, 2.75) is 38.8 Å². The average Bonchev–Trinajstić information content (AvgIpc) is 3.45. The summed E-state index contributed by atoms with van der Waals surface area (Å²) in [4.78, 5) is 39.3. The molecular weight excluding hydrogens is 484 g/mol. The van der Waals surface area contributed by atoms with E-state index in [9.17, 15) is 19.7 Å². The van der Waals surface area contributed by atoms with Crippen LogP contribution in [0.15, 0.2) is 60.7 Å². The van der Waals surface area contributed by atoms with Crippen molar-refractivity contribution >= 4 is 28.9 Å². The number of rotatable bonds is 7. The number of carbonyl (C=O) groups excluding carboxylic acids is 2. The van der Waals surface area contributed by atoms with Crippen LogP contribution in [-0.4, -0.2) is 42.5 Å². The van der Waals surface area contributed by atoms with E-state index in [1.165, 1.54) is 17.2 Å². The number of hydrogen-bond donors (Lipinski definition) is 2. The Morgan fingerprint density at radius 1 is 1.08 bits per heavy atom. The van der Waals surface area contributed by atoms with Crippen LogP contribution in [0.1, 0.15) is 50.2 Å². The number of hydrogen-bond acceptors (Lipinski definition) is 6. The second kappa shape index (κ2) is 11.0. The third-order valence-electron chi connectivity index (χ3n) is 7.15. The minimum atomic E-state index is -0.506. The monoisotopic (exact) mass is 514 g/mol. The Bertz CT molecular complexity index is 1380. The van der Waals surface area contributed by atoms with Gasteiger partial charge in [0.15, 0.2) is 0 Å². The first kappa shape index (κ1) is 25.4. The van der Waals surface area contributed by atoms with E-state index >= 15 is 0 Å². The van der Waals surface area contributed by atoms with Crippen LogP contribution < -0.4 is 15.5 Å². The molecule has 1 unspecified atom stereocenters. The summed E-state index contributed by atoms with van der Waals surface area (Å²) in [6, 6.07) is 17.9. The van der Waals surface area contributed by atoms with Crippen LogP contribution in [0.4, 0.5) is 17.1 Å². The number of anilines is 2. The van der Waals surface area contributed by atoms with Crippen LogP contribution in [0, 0.1) is 17.0 Å². The predicted molar refractivity (Wildman–Crippen MR) is 145 cm³/mol. The molecule has 2 amide bonds. The van der Waals surface area contributed by atoms with Crippen molar-refractivity contribution in [2.24, 2.45) is 0 Å². The SMILES string of the molecule is Cc1ccc(C(=O)Nc2ccc(N3CCc4ccccc4C3)c(C(=O)NCC3CCCO3)c2)cc1[N+](=O)[O-]. The number of ether oxygens (including phenoxy) is 1. The molecule has 9 heteroatoms. The number of nitro benzene ring substituents is 1. The van der Waals surface area contributed by atoms with Crippen LogP contribution in [0.25, 0.3) is 0 Å². The van der Waals surface area contributed by atoms with E-state index in [1.807, 2.05) is 18.2 Å². The normalized spacial score (nSPS) is 16.6. The van der Waals surface area contributed by atoms with Gasteiger partial charge in [0, 0.05) is 54.8 Å². The van der Waals surface area contributed by atoms with E-state index in [1.54, 1.807) is 31.2 Å². The maximum absolute atomic E-state index is 13.4. The minimum Gasteiger partial charge on any atom is -0.376 e. The van der Waals surface area contributed by atoms with Crippen molar-refractivity contribution in [1.29, 1.82) is 0 Å². The van der Waals surface area contributed by atoms with Crippen molar-refractivity contribution in [3.8, 4) is 0 Å². The molecule has 1 saturated heterocycles. The lowest BCUT2D eigenvalue weighted by atomic mass is 9.98. The molecule has 3 aromatic carbocycles. The zero-order valence-electron chi connectivity index (χ0n) is 21.2. The molecule has 2 aliphatic heterocycles. The lowest BCUT2D eigenvalue weighted by molar-refractivity contribution is -0.385. The fraction of sp³-hybridized carbons (Fsp3) is 0.310. The first-order valence-electron chi connectivity index (χ1n) is 12.8. The lowest BCUT2D eigenvalue weighted by Crippen LogP contribution is -2.35. The Hall–Kier alpha value is -4.24. The van der Waals surface area contributed by atoms with Gasteiger partial charge in [0.2, 0.25) is 0 Å². The molecule has 1 fully saturated rings. The molecule has 9 nitrogen and oxygen atoms in total. The summed E-state index contributed by atoms with van der Waals surface area (Å²) in [5.74, 6) is -0.727. The standard InChI is InChI=1S/C29H30N4O5/c1-19-8-9-21(15-27(19)33(36)37)28(34)31-23-10-11-26(32-13-12-20-5-2-3-6-22(20)18-32)25(16-23)29(35)30-17-24-7-4-14-38-24/h2-3,5-6,8-11,15-16,24H,4,7,12-14,17-18H2,1H3,(H,30,35)(H,31,34). The molecule has 2 N–H and O–H groups in total. The van der Waals surface area contributed by atoms with Gasteiger partial charge in [-0.15, -0.1) is 0 Å². The van der Waals surface area contributed by atoms with Gasteiger partial charge >= 0.3 is 0 Å². The molecule has 38 heavy (non-hydrogen) atoms. The Kier molecular flexibility index (Phi) is 7.37. The first-order chi connectivity index (χ1) is 18.4. The summed E-state index contributed by atoms with van der Waals surface area (Å²) in [6.45, 7) is 4.20. The minimum absolute atomic E-state index is 0.00415. The predicted octanol–water partition coefficient (Wildman–Crippen LogP) is 4.63. The second-order valence-electron chi connectivity index (χ2n) is 9.73. The van der Waals surface area contributed by atoms with Gasteiger partial charge in [-0.25, -0.2) is 0 Å². The molecule has 196 valence electrons. The Labute approximate surface area is 220 Å². The van der Waals surface area contributed by atoms with Crippen molar-refractivity contribution in [1.82, 2.24) is 5.32 Å². The van der Waals surface area contributed by atoms with Gasteiger partial charge in [-0.3, -0.25) is 19.7 Å². The van der Waals surface area contributed by atoms with Gasteiger partial charge in [-0.2, -0.15) is 0 Å². The molecule has 3 aromatic rings. The molecule has 1 atom stereocenters. The Morgan fingerprint density at radius 2 is 1.89 bits per heavy atom. The van der Waals surface area contributed by atoms with E-state index in [2.05, 4.69) is 27.7 Å². The summed E-state index contributed by atoms with van der Waals surface area (Å²) in [6.07, 6.45) is 2.77. The summed E-state index contributed by atoms with van der Waals surface area (Å²) in [5, 5.41) is 17.1. The van der Waals surface area contributed by atoms with Crippen LogP contribution in [0.3, 0.4) is 0 Å². The molecule has 0 saturated carbocycles. The molecular formula is C29H30N4O5. The van der Waals surface area contributed by atoms with E-state index < -0.39 is 10.8 Å². The van der Waals surface area contributed by atoms with Gasteiger partial charge < -0.3 is 20.3 Å². The highest BCUT2D eigenvalue weighted by atomic mass is 16.6. The number of aryl methyl sites for hydroxylation is 1. The number of amides is 2. The third-order valence-corrected chi connectivity index (χ3v) is 7.15. The highest BCUT2D eigenvalue weighted by Gasteiger charge is 2.24. The summed E-state index contributed by atoms with van der Waals surface area (Å²) in [5.41, 5.74) is 4.73. The van der Waals surface area contributed by atoms with Crippen LogP contribution in [-0.2, 0) is 17.7 Å². The average molecular weight is 515 g/mol. The van der Waals surface area contributed by atoms with Crippen LogP contribution >= 0.6 is 0 Å². The number of fused-ring (bicyclic) bond motifs is 1. The number of nitrogens with zero attached hydrogens (tertiary/aromatic N) is 2. The zero-order valence-corrected chi connectivity index (χ0v) is 21.2. The highest BCUT2D eigenvalue weighted by molar-refractivity contribution is 6.06. The zero-order chi connectivity index (χ0) is 26.6. The molecule has 2 heterocycles. The third kappa shape index (κ3) is 5.52. The molecule has 5 rings (SSSR count). The van der Waals surface area contributed by atoms with Crippen molar-refractivity contribution in [3.05, 3.63) is 98.6 Å². The molecule has 0 aliphatic carbocycles. The van der Waals surface area contributed by atoms with Crippen molar-refractivity contribution in [3.63, 3.8) is 0 Å². The quantitative estimate of drug-likeness (QED) is 0.351. The smallest absolute Gasteiger partial charge is 0.273 e. The largest absolute Gasteiger partial charge is 0.376 e. The number of nitrogens with one attached hydrogen (secondary N) is 2. The second-order valence-corrected chi connectivity index (χ2v) is 9.73. The van der Waals surface area contributed by atoms with Crippen LogP contribution in [0.2, 0.25) is 0 Å². The van der Waals surface area contributed by atoms with E-state index in [-0.39, 0.29) is 23.3 Å². The van der Waals surface area contributed by atoms with Gasteiger partial charge in [-0.05, 0) is 61.6 Å². The Balaban J connectivity index is 1.41. The molecule has 0 bridgehead atoms. The van der Waals surface area contributed by atoms with Gasteiger partial charge in [0.1, 0.15) is 0 Å². The fourth-order valence-electron chi connectivity index (χ4n) is 5.03. The first-order valence-corrected chi connectivity index (χ1v) is 12.8. The summed E-state index contributed by atoms with van der Waals surface area (Å²) in [7, 11) is 0. The van der Waals surface area contributed by atoms with Gasteiger partial charge in [0.05, 0.1) is 16.6 Å². The number of benzene rings is 3. The fourth-order valence-corrected chi connectivity index (χ4v) is 5.03. The molecule has 0 aromatic heterocycles. The Morgan fingerprint density at radius 3 is 2.66 bits per heavy atom. The molecule has 0 radical (unpaired) electrons. The maximum Gasteiger partial charge on any atom is 0.273 e. The summed E-state index contributed by atoms with van der Waals surface area (Å²) < 4.78 is 5.65. The lowest BCUT2D eigenvalue weighted by Gasteiger charge is -2.32. The van der Waals surface area contributed by atoms with Crippen LogP contribution in [0.5, 0.6) is 0 Å². The van der Waals surface area contributed by atoms with Gasteiger partial charge in [-0.1, -0.05) is 30.3 Å². The molecule has 0 spiro atoms. The molecule has 2 aliphatic rings. The van der Waals surface area contributed by atoms with E-state index in [0.29, 0.717) is 36.5 Å². The number of nitro groups is 1. The van der Waals surface area contributed by atoms with E-state index in [0.717, 1.165) is 31.5 Å². The topological polar surface area (TPSA) is 114 Å². The van der Waals surface area contributed by atoms with Crippen molar-refractivity contribution in [2.75, 3.05) is 29.9 Å². The maximum atomic E-state index is 13.4. The van der Waals surface area contributed by atoms with Gasteiger partial charge in [0.25, 0.3) is 17.5 Å². The van der Waals surface area contributed by atoms with E-state index in [4.69, 9.17) is 4.74 Å².